The van der Waals surface area contributed by atoms with Crippen LogP contribution >= 0.6 is 27.5 Å². The fourth-order valence-electron chi connectivity index (χ4n) is 2.55. The van der Waals surface area contributed by atoms with E-state index in [4.69, 9.17) is 16.3 Å². The second-order valence-corrected chi connectivity index (χ2v) is 7.16. The van der Waals surface area contributed by atoms with Crippen LogP contribution < -0.4 is 10.1 Å². The van der Waals surface area contributed by atoms with Gasteiger partial charge >= 0.3 is 0 Å². The summed E-state index contributed by atoms with van der Waals surface area (Å²) in [5.74, 6) is -0.287. The molecular weight excluding hydrogens is 437 g/mol. The Balaban J connectivity index is 1.74. The normalized spacial score (nSPS) is 11.9. The number of hydrogen-bond donors (Lipinski definition) is 1. The van der Waals surface area contributed by atoms with Gasteiger partial charge in [-0.2, -0.15) is 0 Å². The summed E-state index contributed by atoms with van der Waals surface area (Å²) in [6.45, 7) is -0.326. The van der Waals surface area contributed by atoms with Crippen LogP contribution in [0, 0.1) is 5.82 Å². The van der Waals surface area contributed by atoms with Gasteiger partial charge in [0, 0.05) is 28.9 Å². The maximum Gasteiger partial charge on any atom is 0.258 e. The summed E-state index contributed by atoms with van der Waals surface area (Å²) in [7, 11) is 1.84. The zero-order valence-corrected chi connectivity index (χ0v) is 16.7. The molecule has 2 aromatic carbocycles. The Labute approximate surface area is 169 Å². The Hall–Kier alpha value is -2.38. The molecule has 0 aliphatic heterocycles. The van der Waals surface area contributed by atoms with Gasteiger partial charge in [0.1, 0.15) is 11.9 Å². The number of imidazole rings is 1. The van der Waals surface area contributed by atoms with Crippen molar-refractivity contribution in [1.82, 2.24) is 14.9 Å². The Morgan fingerprint density at radius 1 is 1.33 bits per heavy atom. The minimum Gasteiger partial charge on any atom is -0.481 e. The topological polar surface area (TPSA) is 56.2 Å². The van der Waals surface area contributed by atoms with Gasteiger partial charge in [-0.05, 0) is 35.9 Å². The van der Waals surface area contributed by atoms with Gasteiger partial charge in [0.05, 0.1) is 0 Å². The Kier molecular flexibility index (Phi) is 6.13. The number of nitrogens with zero attached hydrogens (tertiary/aromatic N) is 2. The van der Waals surface area contributed by atoms with E-state index in [1.54, 1.807) is 30.6 Å². The highest BCUT2D eigenvalue weighted by Crippen LogP contribution is 2.23. The summed E-state index contributed by atoms with van der Waals surface area (Å²) in [5, 5.41) is 3.47. The van der Waals surface area contributed by atoms with Crippen LogP contribution in [0.3, 0.4) is 0 Å². The fourth-order valence-corrected chi connectivity index (χ4v) is 3.00. The summed E-state index contributed by atoms with van der Waals surface area (Å²) in [6, 6.07) is 11.0. The van der Waals surface area contributed by atoms with Crippen molar-refractivity contribution in [2.24, 2.45) is 7.05 Å². The van der Waals surface area contributed by atoms with E-state index in [-0.39, 0.29) is 12.4 Å². The Morgan fingerprint density at radius 2 is 2.07 bits per heavy atom. The van der Waals surface area contributed by atoms with Crippen LogP contribution in [0.25, 0.3) is 0 Å². The van der Waals surface area contributed by atoms with Crippen LogP contribution in [0.4, 0.5) is 4.39 Å². The number of carbonyl (C=O) groups excluding carboxylic acids is 1. The number of halogens is 3. The third-order valence-electron chi connectivity index (χ3n) is 3.88. The first-order valence-electron chi connectivity index (χ1n) is 8.04. The lowest BCUT2D eigenvalue weighted by Gasteiger charge is -2.19. The fraction of sp³-hybridized carbons (Fsp3) is 0.158. The molecule has 0 saturated heterocycles. The molecule has 8 heteroatoms. The van der Waals surface area contributed by atoms with E-state index >= 15 is 0 Å². The van der Waals surface area contributed by atoms with Crippen LogP contribution in [-0.4, -0.2) is 22.1 Å². The molecule has 140 valence electrons. The quantitative estimate of drug-likeness (QED) is 0.608. The molecule has 0 fully saturated rings. The van der Waals surface area contributed by atoms with Gasteiger partial charge in [-0.15, -0.1) is 0 Å². The first kappa shape index (κ1) is 19.4. The lowest BCUT2D eigenvalue weighted by molar-refractivity contribution is -0.123. The van der Waals surface area contributed by atoms with Crippen molar-refractivity contribution in [3.8, 4) is 5.75 Å². The molecule has 0 bridgehead atoms. The van der Waals surface area contributed by atoms with Crippen molar-refractivity contribution in [2.75, 3.05) is 6.61 Å². The van der Waals surface area contributed by atoms with Crippen LogP contribution in [0.2, 0.25) is 5.02 Å². The van der Waals surface area contributed by atoms with E-state index in [0.29, 0.717) is 15.3 Å². The first-order chi connectivity index (χ1) is 12.9. The Bertz CT molecular complexity index is 946. The second-order valence-electron chi connectivity index (χ2n) is 5.81. The third kappa shape index (κ3) is 4.87. The average Bonchev–Trinajstić information content (AvgIpc) is 3.05. The van der Waals surface area contributed by atoms with Crippen molar-refractivity contribution in [2.45, 2.75) is 6.04 Å². The molecule has 1 heterocycles. The highest BCUT2D eigenvalue weighted by Gasteiger charge is 2.21. The average molecular weight is 453 g/mol. The molecule has 0 spiro atoms. The first-order valence-corrected chi connectivity index (χ1v) is 9.21. The number of aryl methyl sites for hydroxylation is 1. The van der Waals surface area contributed by atoms with Crippen molar-refractivity contribution in [3.05, 3.63) is 81.6 Å². The lowest BCUT2D eigenvalue weighted by atomic mass is 10.1. The molecule has 1 aromatic heterocycles. The summed E-state index contributed by atoms with van der Waals surface area (Å²) in [4.78, 5) is 16.7. The van der Waals surface area contributed by atoms with E-state index < -0.39 is 17.8 Å². The van der Waals surface area contributed by atoms with Gasteiger partial charge in [0.25, 0.3) is 5.91 Å². The standard InChI is InChI=1S/C19H16BrClFN3O2/c1-25-9-8-23-19(25)18(12-2-5-14(21)6-3-12)24-17(26)11-27-16-7-4-13(20)10-15(16)22/h2-10,18H,11H2,1H3,(H,24,26). The molecule has 27 heavy (non-hydrogen) atoms. The van der Waals surface area contributed by atoms with Gasteiger partial charge in [-0.3, -0.25) is 4.79 Å². The molecule has 5 nitrogen and oxygen atoms in total. The number of ether oxygens (including phenoxy) is 1. The molecule has 1 atom stereocenters. The van der Waals surface area contributed by atoms with Gasteiger partial charge < -0.3 is 14.6 Å². The van der Waals surface area contributed by atoms with Crippen LogP contribution in [0.15, 0.2) is 59.3 Å². The molecule has 0 aliphatic carbocycles. The Morgan fingerprint density at radius 3 is 2.70 bits per heavy atom. The lowest BCUT2D eigenvalue weighted by Crippen LogP contribution is -2.34. The maximum atomic E-state index is 13.8. The predicted octanol–water partition coefficient (Wildman–Crippen LogP) is 4.26. The molecule has 1 N–H and O–H groups in total. The van der Waals surface area contributed by atoms with Gasteiger partial charge in [0.2, 0.25) is 0 Å². The van der Waals surface area contributed by atoms with Crippen molar-refractivity contribution >= 4 is 33.4 Å². The van der Waals surface area contributed by atoms with E-state index in [1.165, 1.54) is 12.1 Å². The highest BCUT2D eigenvalue weighted by atomic mass is 79.9. The zero-order chi connectivity index (χ0) is 19.4. The van der Waals surface area contributed by atoms with Gasteiger partial charge in [0.15, 0.2) is 18.2 Å². The second kappa shape index (κ2) is 8.54. The van der Waals surface area contributed by atoms with E-state index in [0.717, 1.165) is 5.56 Å². The predicted molar refractivity (Wildman–Crippen MR) is 104 cm³/mol. The van der Waals surface area contributed by atoms with Gasteiger partial charge in [-0.25, -0.2) is 9.37 Å². The monoisotopic (exact) mass is 451 g/mol. The zero-order valence-electron chi connectivity index (χ0n) is 14.3. The van der Waals surface area contributed by atoms with Crippen molar-refractivity contribution in [3.63, 3.8) is 0 Å². The molecule has 3 rings (SSSR count). The highest BCUT2D eigenvalue weighted by molar-refractivity contribution is 9.10. The van der Waals surface area contributed by atoms with E-state index in [2.05, 4.69) is 26.2 Å². The molecule has 3 aromatic rings. The third-order valence-corrected chi connectivity index (χ3v) is 4.62. The molecule has 0 radical (unpaired) electrons. The van der Waals surface area contributed by atoms with Crippen molar-refractivity contribution < 1.29 is 13.9 Å². The number of hydrogen-bond acceptors (Lipinski definition) is 3. The van der Waals surface area contributed by atoms with E-state index in [9.17, 15) is 9.18 Å². The largest absolute Gasteiger partial charge is 0.481 e. The van der Waals surface area contributed by atoms with E-state index in [1.807, 2.05) is 23.7 Å². The minimum atomic E-state index is -0.546. The van der Waals surface area contributed by atoms with Crippen LogP contribution in [0.5, 0.6) is 5.75 Å². The van der Waals surface area contributed by atoms with Crippen molar-refractivity contribution in [1.29, 1.82) is 0 Å². The number of nitrogens with one attached hydrogen (secondary N) is 1. The minimum absolute atomic E-state index is 0.00776. The summed E-state index contributed by atoms with van der Waals surface area (Å²) in [5.41, 5.74) is 0.817. The van der Waals surface area contributed by atoms with Crippen LogP contribution in [0.1, 0.15) is 17.4 Å². The van der Waals surface area contributed by atoms with Gasteiger partial charge in [-0.1, -0.05) is 39.7 Å². The smallest absolute Gasteiger partial charge is 0.258 e. The number of rotatable bonds is 6. The molecule has 1 amide bonds. The summed E-state index contributed by atoms with van der Waals surface area (Å²) >= 11 is 9.13. The number of benzene rings is 2. The molecular formula is C19H16BrClFN3O2. The number of aromatic nitrogens is 2. The SMILES string of the molecule is Cn1ccnc1C(NC(=O)COc1ccc(Br)cc1F)c1ccc(Cl)cc1. The molecule has 1 unspecified atom stereocenters. The summed E-state index contributed by atoms with van der Waals surface area (Å²) < 4.78 is 21.5. The number of carbonyl (C=O) groups is 1. The number of amides is 1. The molecule has 0 aliphatic rings. The molecule has 0 saturated carbocycles. The maximum absolute atomic E-state index is 13.8. The summed E-state index contributed by atoms with van der Waals surface area (Å²) in [6.07, 6.45) is 3.44. The van der Waals surface area contributed by atoms with Crippen LogP contribution in [-0.2, 0) is 11.8 Å².